The van der Waals surface area contributed by atoms with Crippen LogP contribution in [0.1, 0.15) is 22.8 Å². The number of carbonyl (C=O) groups excluding carboxylic acids is 2. The average molecular weight is 281 g/mol. The fraction of sp³-hybridized carbons (Fsp3) is 0.429. The van der Waals surface area contributed by atoms with Gasteiger partial charge in [0.25, 0.3) is 5.91 Å². The molecule has 0 bridgehead atoms. The van der Waals surface area contributed by atoms with E-state index in [-0.39, 0.29) is 12.5 Å². The van der Waals surface area contributed by atoms with Gasteiger partial charge in [0.2, 0.25) is 0 Å². The molecule has 1 aromatic carbocycles. The summed E-state index contributed by atoms with van der Waals surface area (Å²) in [4.78, 5) is 24.9. The summed E-state index contributed by atoms with van der Waals surface area (Å²) in [6, 6.07) is 7.46. The highest BCUT2D eigenvalue weighted by molar-refractivity contribution is 7.97. The van der Waals surface area contributed by atoms with Crippen molar-refractivity contribution in [2.75, 3.05) is 26.5 Å². The van der Waals surface area contributed by atoms with Gasteiger partial charge in [-0.3, -0.25) is 9.59 Å². The van der Waals surface area contributed by atoms with E-state index >= 15 is 0 Å². The highest BCUT2D eigenvalue weighted by Crippen LogP contribution is 2.12. The largest absolute Gasteiger partial charge is 0.465 e. The maximum atomic E-state index is 12.2. The van der Waals surface area contributed by atoms with E-state index in [1.807, 2.05) is 24.5 Å². The van der Waals surface area contributed by atoms with Crippen molar-refractivity contribution in [3.05, 3.63) is 35.4 Å². The number of esters is 1. The molecule has 0 radical (unpaired) electrons. The quantitative estimate of drug-likeness (QED) is 0.750. The van der Waals surface area contributed by atoms with Gasteiger partial charge in [-0.05, 0) is 30.9 Å². The van der Waals surface area contributed by atoms with Crippen LogP contribution in [-0.2, 0) is 15.3 Å². The van der Waals surface area contributed by atoms with Crippen LogP contribution in [0.5, 0.6) is 0 Å². The molecule has 1 aromatic rings. The Bertz CT molecular complexity index is 448. The molecule has 1 amide bonds. The Morgan fingerprint density at radius 1 is 1.37 bits per heavy atom. The molecule has 0 N–H and O–H groups in total. The number of benzene rings is 1. The predicted octanol–water partition coefficient (Wildman–Crippen LogP) is 2.18. The van der Waals surface area contributed by atoms with Gasteiger partial charge in [0.05, 0.1) is 6.61 Å². The molecule has 0 aromatic heterocycles. The monoisotopic (exact) mass is 281 g/mol. The van der Waals surface area contributed by atoms with Crippen LogP contribution in [-0.4, -0.2) is 43.2 Å². The zero-order valence-corrected chi connectivity index (χ0v) is 12.3. The van der Waals surface area contributed by atoms with Gasteiger partial charge in [0, 0.05) is 18.4 Å². The molecular weight excluding hydrogens is 262 g/mol. The first kappa shape index (κ1) is 15.6. The first-order valence-electron chi connectivity index (χ1n) is 6.07. The van der Waals surface area contributed by atoms with Crippen molar-refractivity contribution >= 4 is 23.6 Å². The zero-order valence-electron chi connectivity index (χ0n) is 11.5. The Balaban J connectivity index is 2.70. The molecule has 0 aliphatic heterocycles. The van der Waals surface area contributed by atoms with E-state index in [0.29, 0.717) is 12.2 Å². The number of rotatable bonds is 6. The van der Waals surface area contributed by atoms with E-state index in [2.05, 4.69) is 0 Å². The Kier molecular flexibility index (Phi) is 6.42. The van der Waals surface area contributed by atoms with Crippen LogP contribution < -0.4 is 0 Å². The summed E-state index contributed by atoms with van der Waals surface area (Å²) < 4.78 is 4.82. The maximum absolute atomic E-state index is 12.2. The fourth-order valence-corrected chi connectivity index (χ4v) is 2.17. The molecule has 104 valence electrons. The van der Waals surface area contributed by atoms with Crippen LogP contribution >= 0.6 is 11.8 Å². The summed E-state index contributed by atoms with van der Waals surface area (Å²) in [7, 11) is 1.60. The van der Waals surface area contributed by atoms with E-state index < -0.39 is 5.97 Å². The van der Waals surface area contributed by atoms with E-state index in [1.165, 1.54) is 4.90 Å². The molecule has 0 spiro atoms. The number of likely N-dealkylation sites (N-methyl/N-ethyl adjacent to an activating group) is 1. The minimum atomic E-state index is -0.390. The van der Waals surface area contributed by atoms with Crippen LogP contribution in [0.3, 0.4) is 0 Å². The molecule has 0 unspecified atom stereocenters. The number of amides is 1. The molecule has 0 fully saturated rings. The standard InChI is InChI=1S/C14H19NO3S/c1-4-18-13(16)9-15(2)14(17)12-7-5-6-11(8-12)10-19-3/h5-8H,4,9-10H2,1-3H3. The average Bonchev–Trinajstić information content (AvgIpc) is 2.38. The first-order valence-corrected chi connectivity index (χ1v) is 7.46. The Labute approximate surface area is 118 Å². The minimum absolute atomic E-state index is 0.0283. The number of carbonyl (C=O) groups is 2. The van der Waals surface area contributed by atoms with Gasteiger partial charge < -0.3 is 9.64 Å². The summed E-state index contributed by atoms with van der Waals surface area (Å²) in [5, 5.41) is 0. The van der Waals surface area contributed by atoms with Crippen molar-refractivity contribution in [1.82, 2.24) is 4.90 Å². The van der Waals surface area contributed by atoms with Crippen LogP contribution in [0.4, 0.5) is 0 Å². The lowest BCUT2D eigenvalue weighted by Crippen LogP contribution is -2.33. The normalized spacial score (nSPS) is 10.1. The van der Waals surface area contributed by atoms with Gasteiger partial charge in [0.1, 0.15) is 6.54 Å². The molecule has 19 heavy (non-hydrogen) atoms. The molecule has 0 aliphatic carbocycles. The number of hydrogen-bond acceptors (Lipinski definition) is 4. The van der Waals surface area contributed by atoms with Crippen molar-refractivity contribution in [3.8, 4) is 0 Å². The van der Waals surface area contributed by atoms with Gasteiger partial charge >= 0.3 is 5.97 Å². The third-order valence-electron chi connectivity index (χ3n) is 2.50. The molecule has 5 heteroatoms. The second kappa shape index (κ2) is 7.84. The van der Waals surface area contributed by atoms with Gasteiger partial charge in [-0.15, -0.1) is 0 Å². The smallest absolute Gasteiger partial charge is 0.325 e. The van der Waals surface area contributed by atoms with Crippen molar-refractivity contribution in [2.45, 2.75) is 12.7 Å². The van der Waals surface area contributed by atoms with Gasteiger partial charge in [-0.1, -0.05) is 12.1 Å². The minimum Gasteiger partial charge on any atom is -0.465 e. The van der Waals surface area contributed by atoms with Crippen LogP contribution in [0, 0.1) is 0 Å². The number of thioether (sulfide) groups is 1. The molecule has 1 rings (SSSR count). The third kappa shape index (κ3) is 4.95. The summed E-state index contributed by atoms with van der Waals surface area (Å²) in [6.45, 7) is 2.04. The van der Waals surface area contributed by atoms with Crippen molar-refractivity contribution < 1.29 is 14.3 Å². The van der Waals surface area contributed by atoms with E-state index in [0.717, 1.165) is 11.3 Å². The molecule has 0 saturated carbocycles. The maximum Gasteiger partial charge on any atom is 0.325 e. The van der Waals surface area contributed by atoms with Crippen molar-refractivity contribution in [2.24, 2.45) is 0 Å². The second-order valence-corrected chi connectivity index (χ2v) is 4.97. The van der Waals surface area contributed by atoms with Crippen molar-refractivity contribution in [1.29, 1.82) is 0 Å². The lowest BCUT2D eigenvalue weighted by atomic mass is 10.1. The SMILES string of the molecule is CCOC(=O)CN(C)C(=O)c1cccc(CSC)c1. The van der Waals surface area contributed by atoms with Crippen LogP contribution in [0.2, 0.25) is 0 Å². The van der Waals surface area contributed by atoms with E-state index in [1.54, 1.807) is 31.8 Å². The Hall–Kier alpha value is -1.49. The highest BCUT2D eigenvalue weighted by atomic mass is 32.2. The molecule has 4 nitrogen and oxygen atoms in total. The molecule has 0 aliphatic rings. The van der Waals surface area contributed by atoms with Gasteiger partial charge in [-0.2, -0.15) is 11.8 Å². The third-order valence-corrected chi connectivity index (χ3v) is 3.13. The van der Waals surface area contributed by atoms with Gasteiger partial charge in [0.15, 0.2) is 0 Å². The van der Waals surface area contributed by atoms with Crippen LogP contribution in [0.15, 0.2) is 24.3 Å². The molecule has 0 heterocycles. The molecule has 0 atom stereocenters. The van der Waals surface area contributed by atoms with E-state index in [9.17, 15) is 9.59 Å². The number of nitrogens with zero attached hydrogens (tertiary/aromatic N) is 1. The number of hydrogen-bond donors (Lipinski definition) is 0. The van der Waals surface area contributed by atoms with Crippen LogP contribution in [0.25, 0.3) is 0 Å². The lowest BCUT2D eigenvalue weighted by Gasteiger charge is -2.16. The highest BCUT2D eigenvalue weighted by Gasteiger charge is 2.15. The van der Waals surface area contributed by atoms with Crippen molar-refractivity contribution in [3.63, 3.8) is 0 Å². The Morgan fingerprint density at radius 2 is 2.11 bits per heavy atom. The van der Waals surface area contributed by atoms with E-state index in [4.69, 9.17) is 4.74 Å². The van der Waals surface area contributed by atoms with Gasteiger partial charge in [-0.25, -0.2) is 0 Å². The number of ether oxygens (including phenoxy) is 1. The molecule has 0 saturated heterocycles. The second-order valence-electron chi connectivity index (χ2n) is 4.10. The summed E-state index contributed by atoms with van der Waals surface area (Å²) in [5.41, 5.74) is 1.70. The zero-order chi connectivity index (χ0) is 14.3. The Morgan fingerprint density at radius 3 is 2.74 bits per heavy atom. The summed E-state index contributed by atoms with van der Waals surface area (Å²) >= 11 is 1.70. The molecular formula is C14H19NO3S. The summed E-state index contributed by atoms with van der Waals surface area (Å²) in [6.07, 6.45) is 2.02. The fourth-order valence-electron chi connectivity index (χ4n) is 1.65. The predicted molar refractivity (Wildman–Crippen MR) is 77.3 cm³/mol. The summed E-state index contributed by atoms with van der Waals surface area (Å²) in [5.74, 6) is 0.303. The first-order chi connectivity index (χ1) is 9.08. The lowest BCUT2D eigenvalue weighted by molar-refractivity contribution is -0.143. The topological polar surface area (TPSA) is 46.6 Å².